The van der Waals surface area contributed by atoms with Gasteiger partial charge < -0.3 is 4.90 Å². The molecular weight excluding hydrogens is 262 g/mol. The summed E-state index contributed by atoms with van der Waals surface area (Å²) in [5, 5.41) is 4.03. The van der Waals surface area contributed by atoms with Crippen LogP contribution in [-0.2, 0) is 10.2 Å². The first-order valence-corrected chi connectivity index (χ1v) is 7.38. The zero-order valence-corrected chi connectivity index (χ0v) is 12.8. The molecule has 1 amide bonds. The van der Waals surface area contributed by atoms with Crippen LogP contribution in [0.25, 0.3) is 0 Å². The van der Waals surface area contributed by atoms with E-state index in [0.29, 0.717) is 0 Å². The number of rotatable bonds is 3. The number of amides is 1. The maximum Gasteiger partial charge on any atom is 0.243 e. The molecule has 0 radical (unpaired) electrons. The molecule has 0 saturated heterocycles. The van der Waals surface area contributed by atoms with Gasteiger partial charge in [0.15, 0.2) is 0 Å². The molecule has 110 valence electrons. The third kappa shape index (κ3) is 2.46. The number of nitrogens with one attached hydrogen (secondary N) is 1. The number of hydrogen-bond donors (Lipinski definition) is 1. The Morgan fingerprint density at radius 1 is 1.38 bits per heavy atom. The minimum Gasteiger partial charge on any atom is -0.347 e. The van der Waals surface area contributed by atoms with Crippen LogP contribution in [0, 0.1) is 5.92 Å². The first-order chi connectivity index (χ1) is 10.0. The van der Waals surface area contributed by atoms with E-state index in [1.807, 2.05) is 6.08 Å². The lowest BCUT2D eigenvalue weighted by Crippen LogP contribution is -2.23. The van der Waals surface area contributed by atoms with Crippen LogP contribution < -0.4 is 10.3 Å². The maximum absolute atomic E-state index is 11.5. The Morgan fingerprint density at radius 2 is 2.10 bits per heavy atom. The number of likely N-dealkylation sites (N-methyl/N-ethyl adjacent to an activating group) is 1. The van der Waals surface area contributed by atoms with Gasteiger partial charge in [0.25, 0.3) is 0 Å². The molecule has 1 saturated carbocycles. The maximum atomic E-state index is 11.5. The number of nitrogens with zero attached hydrogens (tertiary/aromatic N) is 2. The van der Waals surface area contributed by atoms with Crippen LogP contribution in [0.5, 0.6) is 0 Å². The number of benzene rings is 1. The van der Waals surface area contributed by atoms with Crippen LogP contribution in [0.2, 0.25) is 0 Å². The second-order valence-corrected chi connectivity index (χ2v) is 6.28. The van der Waals surface area contributed by atoms with Crippen molar-refractivity contribution < 1.29 is 4.79 Å². The third-order valence-corrected chi connectivity index (χ3v) is 4.37. The predicted octanol–water partition coefficient (Wildman–Crippen LogP) is 2.81. The number of carbonyl (C=O) groups excluding carboxylic acids is 1. The Kier molecular flexibility index (Phi) is 3.32. The first-order valence-electron chi connectivity index (χ1n) is 7.38. The molecule has 0 aromatic heterocycles. The molecule has 1 N–H and O–H groups in total. The molecule has 2 aliphatic rings. The minimum absolute atomic E-state index is 0.0342. The molecule has 0 atom stereocenters. The van der Waals surface area contributed by atoms with E-state index in [4.69, 9.17) is 0 Å². The van der Waals surface area contributed by atoms with Gasteiger partial charge in [-0.3, -0.25) is 4.79 Å². The monoisotopic (exact) mass is 283 g/mol. The van der Waals surface area contributed by atoms with Crippen molar-refractivity contribution in [3.05, 3.63) is 41.6 Å². The van der Waals surface area contributed by atoms with Crippen LogP contribution in [0.3, 0.4) is 0 Å². The second-order valence-electron chi connectivity index (χ2n) is 6.28. The van der Waals surface area contributed by atoms with Gasteiger partial charge in [0.1, 0.15) is 0 Å². The number of anilines is 1. The number of hydrazone groups is 1. The lowest BCUT2D eigenvalue weighted by atomic mass is 9.84. The van der Waals surface area contributed by atoms with Crippen LogP contribution in [-0.4, -0.2) is 19.2 Å². The number of allylic oxidation sites excluding steroid dienone is 2. The molecule has 4 nitrogen and oxygen atoms in total. The van der Waals surface area contributed by atoms with Crippen molar-refractivity contribution >= 4 is 17.8 Å². The SMILES string of the molecule is CN1/C(=C\C=N\NC(=O)C2CC2)C(C)(C)c2ccccc21. The van der Waals surface area contributed by atoms with Gasteiger partial charge in [0.05, 0.1) is 0 Å². The Bertz CT molecular complexity index is 627. The predicted molar refractivity (Wildman–Crippen MR) is 85.3 cm³/mol. The van der Waals surface area contributed by atoms with E-state index in [9.17, 15) is 4.79 Å². The summed E-state index contributed by atoms with van der Waals surface area (Å²) in [7, 11) is 2.07. The van der Waals surface area contributed by atoms with E-state index in [-0.39, 0.29) is 17.2 Å². The summed E-state index contributed by atoms with van der Waals surface area (Å²) in [6.07, 6.45) is 5.65. The average molecular weight is 283 g/mol. The number of hydrogen-bond acceptors (Lipinski definition) is 3. The Hall–Kier alpha value is -2.10. The molecule has 4 heteroatoms. The van der Waals surface area contributed by atoms with E-state index in [1.165, 1.54) is 16.9 Å². The van der Waals surface area contributed by atoms with E-state index in [2.05, 4.69) is 60.6 Å². The average Bonchev–Trinajstić information content (AvgIpc) is 3.28. The zero-order valence-electron chi connectivity index (χ0n) is 12.8. The molecule has 1 fully saturated rings. The lowest BCUT2D eigenvalue weighted by molar-refractivity contribution is -0.122. The molecule has 0 bridgehead atoms. The summed E-state index contributed by atoms with van der Waals surface area (Å²) in [6, 6.07) is 8.42. The van der Waals surface area contributed by atoms with Crippen molar-refractivity contribution in [1.82, 2.24) is 5.43 Å². The highest BCUT2D eigenvalue weighted by Crippen LogP contribution is 2.46. The highest BCUT2D eigenvalue weighted by molar-refractivity contribution is 5.83. The number of carbonyl (C=O) groups is 1. The topological polar surface area (TPSA) is 44.7 Å². The standard InChI is InChI=1S/C17H21N3O/c1-17(2)13-6-4-5-7-14(13)20(3)15(17)10-11-18-19-16(21)12-8-9-12/h4-7,10-12H,8-9H2,1-3H3,(H,19,21)/b15-10-,18-11+. The van der Waals surface area contributed by atoms with Crippen molar-refractivity contribution in [2.75, 3.05) is 11.9 Å². The summed E-state index contributed by atoms with van der Waals surface area (Å²) < 4.78 is 0. The molecule has 1 aromatic rings. The fourth-order valence-electron chi connectivity index (χ4n) is 2.95. The molecule has 1 aliphatic carbocycles. The summed E-state index contributed by atoms with van der Waals surface area (Å²) in [5.74, 6) is 0.219. The van der Waals surface area contributed by atoms with Gasteiger partial charge in [-0.25, -0.2) is 5.43 Å². The first kappa shape index (κ1) is 13.9. The van der Waals surface area contributed by atoms with Crippen molar-refractivity contribution in [3.8, 4) is 0 Å². The quantitative estimate of drug-likeness (QED) is 0.685. The normalized spacial score (nSPS) is 21.9. The van der Waals surface area contributed by atoms with Gasteiger partial charge >= 0.3 is 0 Å². The van der Waals surface area contributed by atoms with Gasteiger partial charge in [0.2, 0.25) is 5.91 Å². The van der Waals surface area contributed by atoms with Crippen LogP contribution >= 0.6 is 0 Å². The number of fused-ring (bicyclic) bond motifs is 1. The van der Waals surface area contributed by atoms with Crippen molar-refractivity contribution in [2.45, 2.75) is 32.1 Å². The van der Waals surface area contributed by atoms with Gasteiger partial charge in [-0.15, -0.1) is 0 Å². The fraction of sp³-hybridized carbons (Fsp3) is 0.412. The fourth-order valence-corrected chi connectivity index (χ4v) is 2.95. The third-order valence-electron chi connectivity index (χ3n) is 4.37. The lowest BCUT2D eigenvalue weighted by Gasteiger charge is -2.23. The van der Waals surface area contributed by atoms with E-state index < -0.39 is 0 Å². The Balaban J connectivity index is 1.77. The Labute approximate surface area is 125 Å². The molecule has 0 unspecified atom stereocenters. The highest BCUT2D eigenvalue weighted by atomic mass is 16.2. The van der Waals surface area contributed by atoms with Gasteiger partial charge in [0, 0.05) is 36.0 Å². The molecule has 21 heavy (non-hydrogen) atoms. The second kappa shape index (κ2) is 5.02. The Morgan fingerprint density at radius 3 is 2.76 bits per heavy atom. The van der Waals surface area contributed by atoms with E-state index in [0.717, 1.165) is 12.8 Å². The van der Waals surface area contributed by atoms with Crippen molar-refractivity contribution in [2.24, 2.45) is 11.0 Å². The molecule has 0 spiro atoms. The van der Waals surface area contributed by atoms with E-state index in [1.54, 1.807) is 6.21 Å². The van der Waals surface area contributed by atoms with E-state index >= 15 is 0 Å². The molecule has 3 rings (SSSR count). The van der Waals surface area contributed by atoms with Crippen LogP contribution in [0.1, 0.15) is 32.3 Å². The van der Waals surface area contributed by atoms with Gasteiger partial charge in [-0.1, -0.05) is 32.0 Å². The van der Waals surface area contributed by atoms with Gasteiger partial charge in [-0.2, -0.15) is 5.10 Å². The molecule has 1 heterocycles. The summed E-state index contributed by atoms with van der Waals surface area (Å²) in [4.78, 5) is 13.7. The van der Waals surface area contributed by atoms with Crippen LogP contribution in [0.4, 0.5) is 5.69 Å². The van der Waals surface area contributed by atoms with Crippen LogP contribution in [0.15, 0.2) is 41.1 Å². The molecule has 1 aromatic carbocycles. The summed E-state index contributed by atoms with van der Waals surface area (Å²) in [5.41, 5.74) is 6.26. The smallest absolute Gasteiger partial charge is 0.243 e. The highest BCUT2D eigenvalue weighted by Gasteiger charge is 2.37. The minimum atomic E-state index is -0.0577. The molecule has 1 aliphatic heterocycles. The molecular formula is C17H21N3O. The number of para-hydroxylation sites is 1. The van der Waals surface area contributed by atoms with Crippen molar-refractivity contribution in [1.29, 1.82) is 0 Å². The van der Waals surface area contributed by atoms with Gasteiger partial charge in [-0.05, 0) is 30.5 Å². The van der Waals surface area contributed by atoms with Crippen molar-refractivity contribution in [3.63, 3.8) is 0 Å². The zero-order chi connectivity index (χ0) is 15.0. The largest absolute Gasteiger partial charge is 0.347 e. The summed E-state index contributed by atoms with van der Waals surface area (Å²) >= 11 is 0. The summed E-state index contributed by atoms with van der Waals surface area (Å²) in [6.45, 7) is 4.41.